The van der Waals surface area contributed by atoms with Crippen molar-refractivity contribution < 1.29 is 9.47 Å². The molecule has 0 amide bonds. The monoisotopic (exact) mass is 298 g/mol. The van der Waals surface area contributed by atoms with Gasteiger partial charge in [0.05, 0.1) is 20.3 Å². The zero-order valence-electron chi connectivity index (χ0n) is 13.1. The van der Waals surface area contributed by atoms with Gasteiger partial charge in [-0.1, -0.05) is 24.3 Å². The van der Waals surface area contributed by atoms with E-state index in [1.54, 1.807) is 14.2 Å². The Balaban J connectivity index is 1.79. The molecule has 22 heavy (non-hydrogen) atoms. The number of ether oxygens (including phenoxy) is 2. The first-order valence-electron chi connectivity index (χ1n) is 7.53. The minimum absolute atomic E-state index is 0.105. The molecule has 0 saturated carbocycles. The predicted molar refractivity (Wildman–Crippen MR) is 88.8 cm³/mol. The molecule has 2 N–H and O–H groups in total. The molecule has 0 saturated heterocycles. The number of nitrogens with two attached hydrogens (primary N) is 1. The third-order valence-electron chi connectivity index (χ3n) is 4.24. The number of nitrogens with zero attached hydrogens (tertiary/aromatic N) is 1. The van der Waals surface area contributed by atoms with Crippen molar-refractivity contribution in [1.82, 2.24) is 0 Å². The van der Waals surface area contributed by atoms with Gasteiger partial charge in [-0.3, -0.25) is 0 Å². The number of hydrogen-bond donors (Lipinski definition) is 1. The van der Waals surface area contributed by atoms with Crippen LogP contribution in [-0.2, 0) is 6.42 Å². The molecule has 1 aliphatic heterocycles. The maximum atomic E-state index is 6.44. The summed E-state index contributed by atoms with van der Waals surface area (Å²) >= 11 is 0. The molecule has 116 valence electrons. The highest BCUT2D eigenvalue weighted by Gasteiger charge is 2.22. The summed E-state index contributed by atoms with van der Waals surface area (Å²) < 4.78 is 10.7. The molecule has 0 spiro atoms. The standard InChI is InChI=1S/C18H22N2O2/c1-21-14-7-8-15(18(11-14)22-2)16(19)12-20-10-9-13-5-3-4-6-17(13)20/h3-8,11,16H,9-10,12,19H2,1-2H3. The second-order valence-electron chi connectivity index (χ2n) is 5.54. The Bertz CT molecular complexity index is 657. The van der Waals surface area contributed by atoms with Gasteiger partial charge >= 0.3 is 0 Å². The topological polar surface area (TPSA) is 47.7 Å². The Labute approximate surface area is 131 Å². The molecule has 0 radical (unpaired) electrons. The van der Waals surface area contributed by atoms with Gasteiger partial charge in [0.2, 0.25) is 0 Å². The van der Waals surface area contributed by atoms with Gasteiger partial charge < -0.3 is 20.1 Å². The Hall–Kier alpha value is -2.20. The minimum Gasteiger partial charge on any atom is -0.497 e. The Kier molecular flexibility index (Phi) is 4.20. The average Bonchev–Trinajstić information content (AvgIpc) is 2.97. The van der Waals surface area contributed by atoms with Gasteiger partial charge in [-0.15, -0.1) is 0 Å². The quantitative estimate of drug-likeness (QED) is 0.922. The maximum Gasteiger partial charge on any atom is 0.127 e. The number of fused-ring (bicyclic) bond motifs is 1. The van der Waals surface area contributed by atoms with Crippen molar-refractivity contribution >= 4 is 5.69 Å². The Morgan fingerprint density at radius 1 is 1.14 bits per heavy atom. The minimum atomic E-state index is -0.105. The van der Waals surface area contributed by atoms with Gasteiger partial charge in [0.15, 0.2) is 0 Å². The van der Waals surface area contributed by atoms with Crippen LogP contribution in [0, 0.1) is 0 Å². The second-order valence-corrected chi connectivity index (χ2v) is 5.54. The van der Waals surface area contributed by atoms with Gasteiger partial charge in [0, 0.05) is 30.4 Å². The summed E-state index contributed by atoms with van der Waals surface area (Å²) in [6.07, 6.45) is 1.09. The van der Waals surface area contributed by atoms with Crippen LogP contribution in [0.4, 0.5) is 5.69 Å². The number of rotatable bonds is 5. The highest BCUT2D eigenvalue weighted by molar-refractivity contribution is 5.58. The van der Waals surface area contributed by atoms with Gasteiger partial charge in [0.1, 0.15) is 11.5 Å². The van der Waals surface area contributed by atoms with E-state index in [1.807, 2.05) is 18.2 Å². The van der Waals surface area contributed by atoms with E-state index in [0.29, 0.717) is 0 Å². The first-order chi connectivity index (χ1) is 10.7. The zero-order valence-corrected chi connectivity index (χ0v) is 13.1. The van der Waals surface area contributed by atoms with Crippen LogP contribution in [0.5, 0.6) is 11.5 Å². The van der Waals surface area contributed by atoms with Crippen LogP contribution in [0.25, 0.3) is 0 Å². The van der Waals surface area contributed by atoms with E-state index in [4.69, 9.17) is 15.2 Å². The van der Waals surface area contributed by atoms with E-state index in [-0.39, 0.29) is 6.04 Å². The molecular weight excluding hydrogens is 276 g/mol. The fraction of sp³-hybridized carbons (Fsp3) is 0.333. The average molecular weight is 298 g/mol. The van der Waals surface area contributed by atoms with Crippen molar-refractivity contribution in [2.24, 2.45) is 5.73 Å². The predicted octanol–water partition coefficient (Wildman–Crippen LogP) is 2.77. The molecule has 1 heterocycles. The number of methoxy groups -OCH3 is 2. The Morgan fingerprint density at radius 3 is 2.73 bits per heavy atom. The first-order valence-corrected chi connectivity index (χ1v) is 7.53. The van der Waals surface area contributed by atoms with E-state index < -0.39 is 0 Å². The molecule has 3 rings (SSSR count). The van der Waals surface area contributed by atoms with Crippen molar-refractivity contribution in [2.45, 2.75) is 12.5 Å². The van der Waals surface area contributed by atoms with Crippen molar-refractivity contribution in [3.8, 4) is 11.5 Å². The fourth-order valence-electron chi connectivity index (χ4n) is 3.06. The molecule has 1 unspecified atom stereocenters. The van der Waals surface area contributed by atoms with Crippen LogP contribution in [0.3, 0.4) is 0 Å². The lowest BCUT2D eigenvalue weighted by Crippen LogP contribution is -2.31. The number of anilines is 1. The number of benzene rings is 2. The van der Waals surface area contributed by atoms with Crippen molar-refractivity contribution in [1.29, 1.82) is 0 Å². The zero-order chi connectivity index (χ0) is 15.5. The highest BCUT2D eigenvalue weighted by atomic mass is 16.5. The van der Waals surface area contributed by atoms with Gasteiger partial charge in [-0.2, -0.15) is 0 Å². The summed E-state index contributed by atoms with van der Waals surface area (Å²) in [7, 11) is 3.31. The SMILES string of the molecule is COc1ccc(C(N)CN2CCc3ccccc32)c(OC)c1. The van der Waals surface area contributed by atoms with Crippen molar-refractivity contribution in [2.75, 3.05) is 32.2 Å². The smallest absolute Gasteiger partial charge is 0.127 e. The van der Waals surface area contributed by atoms with E-state index in [9.17, 15) is 0 Å². The van der Waals surface area contributed by atoms with Crippen LogP contribution < -0.4 is 20.1 Å². The molecule has 2 aromatic rings. The molecule has 0 bridgehead atoms. The molecular formula is C18H22N2O2. The van der Waals surface area contributed by atoms with E-state index in [1.165, 1.54) is 11.3 Å². The second kappa shape index (κ2) is 6.28. The van der Waals surface area contributed by atoms with Crippen LogP contribution in [0.2, 0.25) is 0 Å². The molecule has 1 aliphatic rings. The van der Waals surface area contributed by atoms with Crippen molar-refractivity contribution in [3.05, 3.63) is 53.6 Å². The van der Waals surface area contributed by atoms with Crippen LogP contribution in [-0.4, -0.2) is 27.3 Å². The third-order valence-corrected chi connectivity index (χ3v) is 4.24. The van der Waals surface area contributed by atoms with Gasteiger partial charge in [-0.25, -0.2) is 0 Å². The van der Waals surface area contributed by atoms with Crippen molar-refractivity contribution in [3.63, 3.8) is 0 Å². The van der Waals surface area contributed by atoms with E-state index in [0.717, 1.165) is 36.6 Å². The lowest BCUT2D eigenvalue weighted by Gasteiger charge is -2.25. The summed E-state index contributed by atoms with van der Waals surface area (Å²) in [6.45, 7) is 1.80. The molecule has 1 atom stereocenters. The Morgan fingerprint density at radius 2 is 1.95 bits per heavy atom. The largest absolute Gasteiger partial charge is 0.497 e. The van der Waals surface area contributed by atoms with Crippen LogP contribution in [0.15, 0.2) is 42.5 Å². The molecule has 2 aromatic carbocycles. The summed E-state index contributed by atoms with van der Waals surface area (Å²) in [4.78, 5) is 2.35. The highest BCUT2D eigenvalue weighted by Crippen LogP contribution is 2.32. The lowest BCUT2D eigenvalue weighted by atomic mass is 10.1. The van der Waals surface area contributed by atoms with Gasteiger partial charge in [-0.05, 0) is 24.1 Å². The van der Waals surface area contributed by atoms with Crippen LogP contribution in [0.1, 0.15) is 17.2 Å². The molecule has 4 nitrogen and oxygen atoms in total. The fourth-order valence-corrected chi connectivity index (χ4v) is 3.06. The van der Waals surface area contributed by atoms with Crippen LogP contribution >= 0.6 is 0 Å². The summed E-state index contributed by atoms with van der Waals surface area (Å²) in [5.41, 5.74) is 10.1. The van der Waals surface area contributed by atoms with E-state index in [2.05, 4.69) is 29.2 Å². The lowest BCUT2D eigenvalue weighted by molar-refractivity contribution is 0.388. The first kappa shape index (κ1) is 14.7. The molecule has 0 aliphatic carbocycles. The number of hydrogen-bond acceptors (Lipinski definition) is 4. The van der Waals surface area contributed by atoms with E-state index >= 15 is 0 Å². The summed E-state index contributed by atoms with van der Waals surface area (Å²) in [5, 5.41) is 0. The maximum absolute atomic E-state index is 6.44. The molecule has 0 aromatic heterocycles. The molecule has 0 fully saturated rings. The number of para-hydroxylation sites is 1. The summed E-state index contributed by atoms with van der Waals surface area (Å²) in [5.74, 6) is 1.55. The normalized spacial score (nSPS) is 14.6. The van der Waals surface area contributed by atoms with Gasteiger partial charge in [0.25, 0.3) is 0 Å². The third kappa shape index (κ3) is 2.74. The molecule has 4 heteroatoms. The summed E-state index contributed by atoms with van der Waals surface area (Å²) in [6, 6.07) is 14.2.